The van der Waals surface area contributed by atoms with Crippen LogP contribution in [0.15, 0.2) is 53.4 Å². The van der Waals surface area contributed by atoms with Crippen LogP contribution in [0.1, 0.15) is 29.9 Å². The number of anilines is 3. The minimum Gasteiger partial charge on any atom is -0.368 e. The Morgan fingerprint density at radius 3 is 2.36 bits per heavy atom. The van der Waals surface area contributed by atoms with Crippen molar-refractivity contribution < 1.29 is 8.42 Å². The van der Waals surface area contributed by atoms with Gasteiger partial charge in [-0.3, -0.25) is 4.90 Å². The summed E-state index contributed by atoms with van der Waals surface area (Å²) in [7, 11) is -3.54. The maximum atomic E-state index is 13.2. The second-order valence-corrected chi connectivity index (χ2v) is 10.2. The lowest BCUT2D eigenvalue weighted by Gasteiger charge is -2.37. The topological polar surface area (TPSA) is 117 Å². The summed E-state index contributed by atoms with van der Waals surface area (Å²) >= 11 is 0. The molecule has 174 valence electrons. The molecule has 0 aliphatic carbocycles. The monoisotopic (exact) mass is 467 g/mol. The van der Waals surface area contributed by atoms with E-state index < -0.39 is 10.0 Å². The summed E-state index contributed by atoms with van der Waals surface area (Å²) in [4.78, 5) is 15.6. The average Bonchev–Trinajstić information content (AvgIpc) is 2.80. The molecule has 1 saturated heterocycles. The van der Waals surface area contributed by atoms with Crippen LogP contribution in [0.4, 0.5) is 17.6 Å². The van der Waals surface area contributed by atoms with Gasteiger partial charge in [-0.25, -0.2) is 8.42 Å². The number of sulfonamides is 1. The van der Waals surface area contributed by atoms with Crippen LogP contribution in [0, 0.1) is 13.8 Å². The minimum absolute atomic E-state index is 0.140. The number of nitrogens with two attached hydrogens (primary N) is 1. The zero-order valence-corrected chi connectivity index (χ0v) is 19.9. The van der Waals surface area contributed by atoms with Gasteiger partial charge in [-0.15, -0.1) is 0 Å². The number of aryl methyl sites for hydroxylation is 2. The van der Waals surface area contributed by atoms with Crippen molar-refractivity contribution in [3.8, 4) is 0 Å². The van der Waals surface area contributed by atoms with Gasteiger partial charge in [0.05, 0.1) is 10.9 Å². The lowest BCUT2D eigenvalue weighted by Crippen LogP contribution is -2.49. The van der Waals surface area contributed by atoms with Crippen LogP contribution in [0.25, 0.3) is 0 Å². The van der Waals surface area contributed by atoms with E-state index in [1.54, 1.807) is 10.4 Å². The number of hydrogen-bond acceptors (Lipinski definition) is 8. The van der Waals surface area contributed by atoms with Crippen LogP contribution >= 0.6 is 0 Å². The first-order valence-electron chi connectivity index (χ1n) is 10.9. The Morgan fingerprint density at radius 2 is 1.67 bits per heavy atom. The number of benzene rings is 2. The second kappa shape index (κ2) is 9.42. The Kier molecular flexibility index (Phi) is 6.59. The molecule has 2 aromatic carbocycles. The first-order valence-corrected chi connectivity index (χ1v) is 12.3. The van der Waals surface area contributed by atoms with E-state index in [9.17, 15) is 8.42 Å². The predicted octanol–water partition coefficient (Wildman–Crippen LogP) is 2.88. The number of nitrogens with zero attached hydrogens (tertiary/aromatic N) is 5. The SMILES string of the molecule is Cc1ccc(C)c(S(=O)(=O)N2CCN([C@@H](C)c3nc(N)nc(Nc4ccccc4)n3)CC2)c1. The number of piperazine rings is 1. The summed E-state index contributed by atoms with van der Waals surface area (Å²) in [6, 6.07) is 15.0. The van der Waals surface area contributed by atoms with Crippen molar-refractivity contribution in [2.75, 3.05) is 37.2 Å². The zero-order chi connectivity index (χ0) is 23.6. The lowest BCUT2D eigenvalue weighted by atomic mass is 10.2. The van der Waals surface area contributed by atoms with E-state index in [0.717, 1.165) is 16.8 Å². The second-order valence-electron chi connectivity index (χ2n) is 8.25. The first kappa shape index (κ1) is 23.1. The third kappa shape index (κ3) is 5.13. The van der Waals surface area contributed by atoms with Crippen molar-refractivity contribution in [2.45, 2.75) is 31.7 Å². The van der Waals surface area contributed by atoms with Gasteiger partial charge >= 0.3 is 0 Å². The summed E-state index contributed by atoms with van der Waals surface area (Å²) < 4.78 is 28.0. The normalized spacial score (nSPS) is 16.5. The van der Waals surface area contributed by atoms with Crippen molar-refractivity contribution in [3.05, 3.63) is 65.5 Å². The highest BCUT2D eigenvalue weighted by atomic mass is 32.2. The fraction of sp³-hybridized carbons (Fsp3) is 0.348. The highest BCUT2D eigenvalue weighted by molar-refractivity contribution is 7.89. The van der Waals surface area contributed by atoms with Crippen molar-refractivity contribution >= 4 is 27.6 Å². The smallest absolute Gasteiger partial charge is 0.243 e. The summed E-state index contributed by atoms with van der Waals surface area (Å²) in [6.07, 6.45) is 0. The Labute approximate surface area is 194 Å². The largest absolute Gasteiger partial charge is 0.368 e. The van der Waals surface area contributed by atoms with Gasteiger partial charge in [0, 0.05) is 31.9 Å². The molecule has 3 N–H and O–H groups in total. The van der Waals surface area contributed by atoms with Gasteiger partial charge in [-0.2, -0.15) is 19.3 Å². The van der Waals surface area contributed by atoms with Crippen molar-refractivity contribution in [3.63, 3.8) is 0 Å². The molecule has 33 heavy (non-hydrogen) atoms. The summed E-state index contributed by atoms with van der Waals surface area (Å²) in [5, 5.41) is 3.15. The molecule has 1 atom stereocenters. The summed E-state index contributed by atoms with van der Waals surface area (Å²) in [6.45, 7) is 7.66. The van der Waals surface area contributed by atoms with Gasteiger partial charge in [-0.1, -0.05) is 30.3 Å². The van der Waals surface area contributed by atoms with E-state index >= 15 is 0 Å². The molecule has 0 saturated carbocycles. The fourth-order valence-corrected chi connectivity index (χ4v) is 5.65. The highest BCUT2D eigenvalue weighted by Gasteiger charge is 2.32. The molecule has 0 unspecified atom stereocenters. The van der Waals surface area contributed by atoms with Crippen molar-refractivity contribution in [1.82, 2.24) is 24.2 Å². The Bertz CT molecular complexity index is 1230. The lowest BCUT2D eigenvalue weighted by molar-refractivity contribution is 0.141. The van der Waals surface area contributed by atoms with Crippen molar-refractivity contribution in [1.29, 1.82) is 0 Å². The standard InChI is InChI=1S/C23H29N7O2S/c1-16-9-10-17(2)20(15-16)33(31,32)30-13-11-29(12-14-30)18(3)21-26-22(24)28-23(27-21)25-19-7-5-4-6-8-19/h4-10,15,18H,11-14H2,1-3H3,(H3,24,25,26,27,28)/t18-/m0/s1. The molecule has 1 aliphatic heterocycles. The van der Waals surface area contributed by atoms with Crippen LogP contribution < -0.4 is 11.1 Å². The van der Waals surface area contributed by atoms with E-state index in [4.69, 9.17) is 5.73 Å². The Morgan fingerprint density at radius 1 is 0.970 bits per heavy atom. The molecule has 0 bridgehead atoms. The number of rotatable bonds is 6. The maximum Gasteiger partial charge on any atom is 0.243 e. The van der Waals surface area contributed by atoms with E-state index in [0.29, 0.717) is 42.8 Å². The zero-order valence-electron chi connectivity index (χ0n) is 19.1. The fourth-order valence-electron chi connectivity index (χ4n) is 3.92. The minimum atomic E-state index is -3.54. The molecular weight excluding hydrogens is 438 g/mol. The molecule has 0 radical (unpaired) electrons. The molecule has 1 fully saturated rings. The van der Waals surface area contributed by atoms with Gasteiger partial charge in [0.25, 0.3) is 0 Å². The van der Waals surface area contributed by atoms with E-state index in [1.807, 2.05) is 63.2 Å². The number of hydrogen-bond donors (Lipinski definition) is 2. The van der Waals surface area contributed by atoms with Crippen LogP contribution in [-0.2, 0) is 10.0 Å². The van der Waals surface area contributed by atoms with E-state index in [2.05, 4.69) is 25.2 Å². The molecule has 2 heterocycles. The van der Waals surface area contributed by atoms with Crippen LogP contribution in [0.2, 0.25) is 0 Å². The molecule has 1 aromatic heterocycles. The van der Waals surface area contributed by atoms with Gasteiger partial charge in [0.1, 0.15) is 0 Å². The van der Waals surface area contributed by atoms with Crippen LogP contribution in [0.5, 0.6) is 0 Å². The predicted molar refractivity (Wildman–Crippen MR) is 129 cm³/mol. The van der Waals surface area contributed by atoms with Gasteiger partial charge in [-0.05, 0) is 50.1 Å². The molecule has 0 spiro atoms. The molecule has 1 aliphatic rings. The summed E-state index contributed by atoms with van der Waals surface area (Å²) in [5.74, 6) is 1.07. The highest BCUT2D eigenvalue weighted by Crippen LogP contribution is 2.25. The van der Waals surface area contributed by atoms with E-state index in [-0.39, 0.29) is 12.0 Å². The molecule has 9 nitrogen and oxygen atoms in total. The van der Waals surface area contributed by atoms with Crippen LogP contribution in [0.3, 0.4) is 0 Å². The number of nitrogen functional groups attached to an aromatic ring is 1. The van der Waals surface area contributed by atoms with Gasteiger partial charge < -0.3 is 11.1 Å². The number of para-hydroxylation sites is 1. The number of nitrogens with one attached hydrogen (secondary N) is 1. The Hall–Kier alpha value is -3.08. The molecule has 4 rings (SSSR count). The quantitative estimate of drug-likeness (QED) is 0.568. The maximum absolute atomic E-state index is 13.2. The van der Waals surface area contributed by atoms with Crippen LogP contribution in [-0.4, -0.2) is 58.8 Å². The average molecular weight is 468 g/mol. The summed E-state index contributed by atoms with van der Waals surface area (Å²) in [5.41, 5.74) is 8.48. The molecular formula is C23H29N7O2S. The molecule has 10 heteroatoms. The third-order valence-corrected chi connectivity index (χ3v) is 7.90. The van der Waals surface area contributed by atoms with E-state index in [1.165, 1.54) is 0 Å². The Balaban J connectivity index is 1.46. The number of aromatic nitrogens is 3. The molecule has 3 aromatic rings. The van der Waals surface area contributed by atoms with Gasteiger partial charge in [0.15, 0.2) is 5.82 Å². The molecule has 0 amide bonds. The van der Waals surface area contributed by atoms with Crippen molar-refractivity contribution in [2.24, 2.45) is 0 Å². The third-order valence-electron chi connectivity index (χ3n) is 5.86. The first-order chi connectivity index (χ1) is 15.7. The van der Waals surface area contributed by atoms with Gasteiger partial charge in [0.2, 0.25) is 21.9 Å².